The number of benzene rings is 1. The summed E-state index contributed by atoms with van der Waals surface area (Å²) in [5, 5.41) is 11.1. The Morgan fingerprint density at radius 1 is 1.50 bits per heavy atom. The van der Waals surface area contributed by atoms with E-state index >= 15 is 0 Å². The van der Waals surface area contributed by atoms with Crippen molar-refractivity contribution in [1.82, 2.24) is 5.32 Å². The molecule has 0 saturated heterocycles. The van der Waals surface area contributed by atoms with Gasteiger partial charge < -0.3 is 10.4 Å². The van der Waals surface area contributed by atoms with Gasteiger partial charge in [0, 0.05) is 18.0 Å². The molecule has 0 aliphatic heterocycles. The fraction of sp³-hybridized carbons (Fsp3) is 0.429. The zero-order valence-corrected chi connectivity index (χ0v) is 10.6. The molecule has 0 heterocycles. The van der Waals surface area contributed by atoms with Crippen LogP contribution in [0.4, 0.5) is 4.79 Å². The summed E-state index contributed by atoms with van der Waals surface area (Å²) in [6.07, 6.45) is 2.82. The van der Waals surface area contributed by atoms with Gasteiger partial charge in [0.15, 0.2) is 0 Å². The predicted octanol–water partition coefficient (Wildman–Crippen LogP) is 3.04. The van der Waals surface area contributed by atoms with Gasteiger partial charge in [-0.1, -0.05) is 38.0 Å². The molecule has 1 aromatic carbocycles. The highest BCUT2D eigenvalue weighted by atomic mass is 16.4. The molecule has 0 bridgehead atoms. The van der Waals surface area contributed by atoms with E-state index in [1.807, 2.05) is 18.2 Å². The Morgan fingerprint density at radius 2 is 2.28 bits per heavy atom. The summed E-state index contributed by atoms with van der Waals surface area (Å²) in [6, 6.07) is 7.35. The maximum absolute atomic E-state index is 10.8. The van der Waals surface area contributed by atoms with Crippen LogP contribution in [0.5, 0.6) is 0 Å². The van der Waals surface area contributed by atoms with E-state index < -0.39 is 6.09 Å². The lowest BCUT2D eigenvalue weighted by atomic mass is 9.92. The van der Waals surface area contributed by atoms with Gasteiger partial charge in [0.25, 0.3) is 0 Å². The Bertz CT molecular complexity index is 404. The van der Waals surface area contributed by atoms with E-state index in [0.717, 1.165) is 31.1 Å². The Balaban J connectivity index is 2.78. The molecule has 0 fully saturated rings. The summed E-state index contributed by atoms with van der Waals surface area (Å²) in [5.41, 5.74) is 1.64. The lowest BCUT2D eigenvalue weighted by molar-refractivity contribution is 0.112. The van der Waals surface area contributed by atoms with Crippen molar-refractivity contribution in [2.45, 2.75) is 32.1 Å². The quantitative estimate of drug-likeness (QED) is 0.730. The number of unbranched alkanes of at least 4 members (excludes halogenated alkanes) is 1. The Kier molecular flexibility index (Phi) is 5.91. The largest absolute Gasteiger partial charge is 0.465 e. The number of carbonyl (C=O) groups is 2. The summed E-state index contributed by atoms with van der Waals surface area (Å²) in [6.45, 7) is 2.49. The number of aldehydes is 1. The van der Waals surface area contributed by atoms with Gasteiger partial charge in [-0.2, -0.15) is 0 Å². The highest BCUT2D eigenvalue weighted by Crippen LogP contribution is 2.22. The van der Waals surface area contributed by atoms with Crippen LogP contribution in [0.15, 0.2) is 24.3 Å². The number of carbonyl (C=O) groups excluding carboxylic acids is 1. The number of rotatable bonds is 7. The van der Waals surface area contributed by atoms with Gasteiger partial charge in [-0.25, -0.2) is 4.79 Å². The minimum absolute atomic E-state index is 0.126. The van der Waals surface area contributed by atoms with Gasteiger partial charge in [0.05, 0.1) is 0 Å². The van der Waals surface area contributed by atoms with Gasteiger partial charge in [-0.15, -0.1) is 0 Å². The smallest absolute Gasteiger partial charge is 0.404 e. The average molecular weight is 249 g/mol. The molecule has 1 aromatic rings. The molecule has 1 atom stereocenters. The minimum atomic E-state index is -1.01. The summed E-state index contributed by atoms with van der Waals surface area (Å²) < 4.78 is 0. The van der Waals surface area contributed by atoms with E-state index in [-0.39, 0.29) is 5.92 Å². The Labute approximate surface area is 107 Å². The molecule has 0 saturated carbocycles. The SMILES string of the molecule is CCCCC(CNC(=O)O)c1cccc(C=O)c1. The molecular weight excluding hydrogens is 230 g/mol. The van der Waals surface area contributed by atoms with Crippen LogP contribution in [-0.4, -0.2) is 24.0 Å². The monoisotopic (exact) mass is 249 g/mol. The van der Waals surface area contributed by atoms with E-state index in [2.05, 4.69) is 12.2 Å². The van der Waals surface area contributed by atoms with Crippen LogP contribution in [0.2, 0.25) is 0 Å². The summed E-state index contributed by atoms with van der Waals surface area (Å²) in [4.78, 5) is 21.3. The van der Waals surface area contributed by atoms with Gasteiger partial charge in [0.2, 0.25) is 0 Å². The molecule has 4 heteroatoms. The van der Waals surface area contributed by atoms with Gasteiger partial charge in [-0.3, -0.25) is 4.79 Å². The van der Waals surface area contributed by atoms with Crippen molar-refractivity contribution < 1.29 is 14.7 Å². The second kappa shape index (κ2) is 7.48. The zero-order valence-electron chi connectivity index (χ0n) is 10.6. The van der Waals surface area contributed by atoms with Crippen molar-refractivity contribution in [3.05, 3.63) is 35.4 Å². The lowest BCUT2D eigenvalue weighted by Gasteiger charge is -2.17. The van der Waals surface area contributed by atoms with E-state index in [1.54, 1.807) is 6.07 Å². The van der Waals surface area contributed by atoms with Crippen molar-refractivity contribution in [2.24, 2.45) is 0 Å². The van der Waals surface area contributed by atoms with E-state index in [4.69, 9.17) is 5.11 Å². The fourth-order valence-electron chi connectivity index (χ4n) is 1.93. The van der Waals surface area contributed by atoms with Crippen LogP contribution in [0, 0.1) is 0 Å². The summed E-state index contributed by atoms with van der Waals surface area (Å²) in [7, 11) is 0. The molecule has 4 nitrogen and oxygen atoms in total. The van der Waals surface area contributed by atoms with E-state index in [1.165, 1.54) is 0 Å². The summed E-state index contributed by atoms with van der Waals surface area (Å²) in [5.74, 6) is 0.126. The molecular formula is C14H19NO3. The number of amides is 1. The molecule has 1 unspecified atom stereocenters. The molecule has 18 heavy (non-hydrogen) atoms. The molecule has 0 aliphatic carbocycles. The third-order valence-corrected chi connectivity index (χ3v) is 2.92. The first-order chi connectivity index (χ1) is 8.67. The average Bonchev–Trinajstić information content (AvgIpc) is 2.38. The number of hydrogen-bond acceptors (Lipinski definition) is 2. The highest BCUT2D eigenvalue weighted by molar-refractivity contribution is 5.75. The van der Waals surface area contributed by atoms with Crippen molar-refractivity contribution in [3.63, 3.8) is 0 Å². The molecule has 0 aliphatic rings. The Morgan fingerprint density at radius 3 is 2.89 bits per heavy atom. The van der Waals surface area contributed by atoms with E-state index in [0.29, 0.717) is 12.1 Å². The van der Waals surface area contributed by atoms with Crippen LogP contribution >= 0.6 is 0 Å². The number of hydrogen-bond donors (Lipinski definition) is 2. The minimum Gasteiger partial charge on any atom is -0.465 e. The van der Waals surface area contributed by atoms with Crippen molar-refractivity contribution in [2.75, 3.05) is 6.54 Å². The zero-order chi connectivity index (χ0) is 13.4. The van der Waals surface area contributed by atoms with Crippen LogP contribution in [0.25, 0.3) is 0 Å². The summed E-state index contributed by atoms with van der Waals surface area (Å²) >= 11 is 0. The normalized spacial score (nSPS) is 11.8. The topological polar surface area (TPSA) is 66.4 Å². The molecule has 98 valence electrons. The standard InChI is InChI=1S/C14H19NO3/c1-2-3-6-13(9-15-14(17)18)12-7-4-5-11(8-12)10-16/h4-5,7-8,10,13,15H,2-3,6,9H2,1H3,(H,17,18). The van der Waals surface area contributed by atoms with Gasteiger partial charge in [-0.05, 0) is 18.1 Å². The molecule has 1 rings (SSSR count). The van der Waals surface area contributed by atoms with Crippen LogP contribution in [-0.2, 0) is 0 Å². The molecule has 2 N–H and O–H groups in total. The molecule has 0 radical (unpaired) electrons. The Hall–Kier alpha value is -1.84. The third-order valence-electron chi connectivity index (χ3n) is 2.92. The van der Waals surface area contributed by atoms with Crippen molar-refractivity contribution >= 4 is 12.4 Å². The third kappa shape index (κ3) is 4.57. The van der Waals surface area contributed by atoms with Crippen molar-refractivity contribution in [3.8, 4) is 0 Å². The number of nitrogens with one attached hydrogen (secondary N) is 1. The first kappa shape index (κ1) is 14.2. The fourth-order valence-corrected chi connectivity index (χ4v) is 1.93. The second-order valence-electron chi connectivity index (χ2n) is 4.31. The molecule has 1 amide bonds. The van der Waals surface area contributed by atoms with Crippen LogP contribution in [0.1, 0.15) is 48.0 Å². The first-order valence-electron chi connectivity index (χ1n) is 6.19. The first-order valence-corrected chi connectivity index (χ1v) is 6.19. The maximum atomic E-state index is 10.8. The second-order valence-corrected chi connectivity index (χ2v) is 4.31. The molecule has 0 aromatic heterocycles. The van der Waals surface area contributed by atoms with Gasteiger partial charge >= 0.3 is 6.09 Å². The maximum Gasteiger partial charge on any atom is 0.404 e. The van der Waals surface area contributed by atoms with Crippen LogP contribution < -0.4 is 5.32 Å². The highest BCUT2D eigenvalue weighted by Gasteiger charge is 2.12. The molecule has 0 spiro atoms. The lowest BCUT2D eigenvalue weighted by Crippen LogP contribution is -2.26. The van der Waals surface area contributed by atoms with E-state index in [9.17, 15) is 9.59 Å². The number of carboxylic acid groups (broad SMARTS) is 1. The van der Waals surface area contributed by atoms with Crippen molar-refractivity contribution in [1.29, 1.82) is 0 Å². The predicted molar refractivity (Wildman–Crippen MR) is 70.1 cm³/mol. The van der Waals surface area contributed by atoms with Crippen LogP contribution in [0.3, 0.4) is 0 Å². The van der Waals surface area contributed by atoms with Gasteiger partial charge in [0.1, 0.15) is 6.29 Å².